The first-order valence-electron chi connectivity index (χ1n) is 9.93. The maximum absolute atomic E-state index is 13.9. The maximum atomic E-state index is 13.9. The van der Waals surface area contributed by atoms with E-state index in [1.165, 1.54) is 23.5 Å². The lowest BCUT2D eigenvalue weighted by Crippen LogP contribution is -2.62. The quantitative estimate of drug-likeness (QED) is 0.811. The van der Waals surface area contributed by atoms with Crippen molar-refractivity contribution in [3.63, 3.8) is 0 Å². The summed E-state index contributed by atoms with van der Waals surface area (Å²) in [5, 5.41) is 12.8. The highest BCUT2D eigenvalue weighted by molar-refractivity contribution is 6.16. The van der Waals surface area contributed by atoms with Gasteiger partial charge in [-0.2, -0.15) is 4.99 Å². The zero-order chi connectivity index (χ0) is 19.7. The minimum Gasteiger partial charge on any atom is -0.465 e. The summed E-state index contributed by atoms with van der Waals surface area (Å²) in [6.07, 6.45) is 5.47. The molecule has 2 heterocycles. The van der Waals surface area contributed by atoms with Gasteiger partial charge in [-0.15, -0.1) is 0 Å². The second-order valence-electron chi connectivity index (χ2n) is 7.84. The number of piperidine rings is 1. The minimum atomic E-state index is -0.963. The monoisotopic (exact) mass is 388 g/mol. The van der Waals surface area contributed by atoms with Crippen LogP contribution in [0.2, 0.25) is 0 Å². The van der Waals surface area contributed by atoms with Crippen molar-refractivity contribution in [3.8, 4) is 0 Å². The van der Waals surface area contributed by atoms with E-state index in [4.69, 9.17) is 0 Å². The fraction of sp³-hybridized carbons (Fsp3) is 0.550. The molecule has 150 valence electrons. The topological polar surface area (TPSA) is 85.2 Å². The number of hydrogen-bond donors (Lipinski definition) is 2. The van der Waals surface area contributed by atoms with Gasteiger partial charge >= 0.3 is 12.1 Å². The molecule has 1 aromatic carbocycles. The third-order valence-corrected chi connectivity index (χ3v) is 6.14. The second-order valence-corrected chi connectivity index (χ2v) is 7.84. The Morgan fingerprint density at radius 3 is 2.57 bits per heavy atom. The summed E-state index contributed by atoms with van der Waals surface area (Å²) in [5.41, 5.74) is -0.299. The van der Waals surface area contributed by atoms with Crippen LogP contribution in [0.1, 0.15) is 44.9 Å². The summed E-state index contributed by atoms with van der Waals surface area (Å²) in [6, 6.07) is 5.79. The number of rotatable bonds is 2. The van der Waals surface area contributed by atoms with Crippen LogP contribution >= 0.6 is 0 Å². The van der Waals surface area contributed by atoms with E-state index in [1.807, 2.05) is 0 Å². The molecule has 2 N–H and O–H groups in total. The van der Waals surface area contributed by atoms with E-state index in [0.29, 0.717) is 37.5 Å². The van der Waals surface area contributed by atoms with Crippen molar-refractivity contribution in [1.82, 2.24) is 10.2 Å². The molecule has 7 nitrogen and oxygen atoms in total. The standard InChI is InChI=1S/C20H25FN4O3/c21-14-5-4-8-16(13-14)25-18(26)23-17(22-15-6-2-1-3-7-15)20(25)9-11-24(12-10-20)19(27)28/h4-5,8,13,15H,1-3,6-7,9-12H2,(H,27,28)(H,22,23,26). The molecule has 1 aliphatic carbocycles. The van der Waals surface area contributed by atoms with Gasteiger partial charge in [0, 0.05) is 24.8 Å². The van der Waals surface area contributed by atoms with Crippen LogP contribution in [0.5, 0.6) is 0 Å². The summed E-state index contributed by atoms with van der Waals surface area (Å²) in [7, 11) is 0. The average Bonchev–Trinajstić information content (AvgIpc) is 2.93. The van der Waals surface area contributed by atoms with Crippen LogP contribution in [0.15, 0.2) is 29.3 Å². The van der Waals surface area contributed by atoms with E-state index < -0.39 is 23.5 Å². The lowest BCUT2D eigenvalue weighted by Gasteiger charge is -2.45. The molecule has 1 spiro atoms. The third-order valence-electron chi connectivity index (χ3n) is 6.14. The van der Waals surface area contributed by atoms with Gasteiger partial charge in [-0.3, -0.25) is 4.90 Å². The second kappa shape index (κ2) is 7.41. The predicted molar refractivity (Wildman–Crippen MR) is 103 cm³/mol. The molecule has 28 heavy (non-hydrogen) atoms. The normalized spacial score (nSPS) is 22.5. The Morgan fingerprint density at radius 2 is 1.93 bits per heavy atom. The number of halogens is 1. The van der Waals surface area contributed by atoms with Crippen molar-refractivity contribution in [1.29, 1.82) is 0 Å². The zero-order valence-electron chi connectivity index (χ0n) is 15.7. The number of urea groups is 1. The van der Waals surface area contributed by atoms with Gasteiger partial charge in [0.2, 0.25) is 0 Å². The van der Waals surface area contributed by atoms with Crippen molar-refractivity contribution in [3.05, 3.63) is 30.1 Å². The number of likely N-dealkylation sites (tertiary alicyclic amines) is 1. The Morgan fingerprint density at radius 1 is 1.21 bits per heavy atom. The highest BCUT2D eigenvalue weighted by Gasteiger charge is 2.52. The third kappa shape index (κ3) is 3.31. The van der Waals surface area contributed by atoms with Gasteiger partial charge in [-0.05, 0) is 43.9 Å². The number of nitrogens with zero attached hydrogens (tertiary/aromatic N) is 3. The van der Waals surface area contributed by atoms with Crippen LogP contribution in [0.25, 0.3) is 0 Å². The van der Waals surface area contributed by atoms with Gasteiger partial charge in [0.15, 0.2) is 0 Å². The smallest absolute Gasteiger partial charge is 0.407 e. The lowest BCUT2D eigenvalue weighted by molar-refractivity contribution is 0.127. The van der Waals surface area contributed by atoms with Crippen LogP contribution in [0, 0.1) is 5.82 Å². The molecular weight excluding hydrogens is 363 g/mol. The van der Waals surface area contributed by atoms with E-state index in [9.17, 15) is 19.1 Å². The number of carboxylic acid groups (broad SMARTS) is 1. The summed E-state index contributed by atoms with van der Waals surface area (Å²) in [6.45, 7) is 0.611. The zero-order valence-corrected chi connectivity index (χ0v) is 15.7. The maximum Gasteiger partial charge on any atom is 0.407 e. The summed E-state index contributed by atoms with van der Waals surface area (Å²) >= 11 is 0. The minimum absolute atomic E-state index is 0.266. The Kier molecular flexibility index (Phi) is 4.95. The molecular formula is C20H25FN4O3. The number of carbonyl (C=O) groups excluding carboxylic acids is 1. The molecule has 2 aliphatic heterocycles. The van der Waals surface area contributed by atoms with E-state index >= 15 is 0 Å². The Hall–Kier alpha value is -2.64. The van der Waals surface area contributed by atoms with Crippen LogP contribution < -0.4 is 10.2 Å². The Balaban J connectivity index is 1.66. The number of amides is 3. The lowest BCUT2D eigenvalue weighted by atomic mass is 9.83. The SMILES string of the molecule is O=C(O)N1CCC2(CC1)C(NC1CCCCC1)=NC(=O)N2c1cccc(F)c1. The average molecular weight is 388 g/mol. The largest absolute Gasteiger partial charge is 0.465 e. The number of hydrogen-bond acceptors (Lipinski definition) is 3. The van der Waals surface area contributed by atoms with E-state index in [2.05, 4.69) is 10.3 Å². The number of benzene rings is 1. The van der Waals surface area contributed by atoms with Crippen LogP contribution in [-0.2, 0) is 0 Å². The van der Waals surface area contributed by atoms with Crippen molar-refractivity contribution < 1.29 is 19.1 Å². The van der Waals surface area contributed by atoms with Gasteiger partial charge in [-0.1, -0.05) is 25.3 Å². The number of nitrogens with one attached hydrogen (secondary N) is 1. The molecule has 3 amide bonds. The van der Waals surface area contributed by atoms with Gasteiger partial charge < -0.3 is 15.3 Å². The van der Waals surface area contributed by atoms with Crippen molar-refractivity contribution >= 4 is 23.6 Å². The first-order chi connectivity index (χ1) is 13.5. The molecule has 3 aliphatic rings. The molecule has 2 fully saturated rings. The predicted octanol–water partition coefficient (Wildman–Crippen LogP) is 3.60. The van der Waals surface area contributed by atoms with E-state index in [-0.39, 0.29) is 6.04 Å². The fourth-order valence-electron chi connectivity index (χ4n) is 4.65. The number of carbonyl (C=O) groups is 2. The Labute approximate surface area is 163 Å². The molecule has 8 heteroatoms. The molecule has 0 aromatic heterocycles. The number of anilines is 1. The molecule has 0 bridgehead atoms. The summed E-state index contributed by atoms with van der Waals surface area (Å²) in [5.74, 6) is 0.191. The van der Waals surface area contributed by atoms with Gasteiger partial charge in [0.05, 0.1) is 0 Å². The highest BCUT2D eigenvalue weighted by Crippen LogP contribution is 2.39. The summed E-state index contributed by atoms with van der Waals surface area (Å²) < 4.78 is 13.9. The molecule has 0 atom stereocenters. The summed E-state index contributed by atoms with van der Waals surface area (Å²) in [4.78, 5) is 31.5. The van der Waals surface area contributed by atoms with Gasteiger partial charge in [-0.25, -0.2) is 14.0 Å². The molecule has 0 radical (unpaired) electrons. The number of amidine groups is 1. The van der Waals surface area contributed by atoms with E-state index in [1.54, 1.807) is 17.0 Å². The first kappa shape index (κ1) is 18.7. The molecule has 4 rings (SSSR count). The number of aliphatic imine (C=N–C) groups is 1. The molecule has 1 saturated heterocycles. The molecule has 1 saturated carbocycles. The van der Waals surface area contributed by atoms with E-state index in [0.717, 1.165) is 25.7 Å². The Bertz CT molecular complexity index is 798. The van der Waals surface area contributed by atoms with Crippen molar-refractivity contribution in [2.45, 2.75) is 56.5 Å². The van der Waals surface area contributed by atoms with Gasteiger partial charge in [0.1, 0.15) is 17.2 Å². The molecule has 0 unspecified atom stereocenters. The van der Waals surface area contributed by atoms with Crippen molar-refractivity contribution in [2.24, 2.45) is 4.99 Å². The fourth-order valence-corrected chi connectivity index (χ4v) is 4.65. The van der Waals surface area contributed by atoms with Crippen LogP contribution in [-0.4, -0.2) is 52.6 Å². The highest BCUT2D eigenvalue weighted by atomic mass is 19.1. The van der Waals surface area contributed by atoms with Crippen molar-refractivity contribution in [2.75, 3.05) is 18.0 Å². The van der Waals surface area contributed by atoms with Crippen LogP contribution in [0.4, 0.5) is 19.7 Å². The molecule has 1 aromatic rings. The van der Waals surface area contributed by atoms with Gasteiger partial charge in [0.25, 0.3) is 0 Å². The first-order valence-corrected chi connectivity index (χ1v) is 9.93. The van der Waals surface area contributed by atoms with Crippen LogP contribution in [0.3, 0.4) is 0 Å².